The summed E-state index contributed by atoms with van der Waals surface area (Å²) in [6.07, 6.45) is 3.40. The molecule has 1 aromatic heterocycles. The van der Waals surface area contributed by atoms with Gasteiger partial charge in [0.15, 0.2) is 0 Å². The number of hydrogen-bond donors (Lipinski definition) is 2. The van der Waals surface area contributed by atoms with E-state index in [4.69, 9.17) is 5.11 Å². The van der Waals surface area contributed by atoms with Crippen molar-refractivity contribution in [3.05, 3.63) is 65.5 Å². The average Bonchev–Trinajstić information content (AvgIpc) is 2.52. The van der Waals surface area contributed by atoms with E-state index in [9.17, 15) is 4.79 Å². The molecule has 0 bridgehead atoms. The van der Waals surface area contributed by atoms with Crippen LogP contribution < -0.4 is 5.32 Å². The van der Waals surface area contributed by atoms with Crippen LogP contribution >= 0.6 is 0 Å². The molecular formula is C16H14N2O2. The summed E-state index contributed by atoms with van der Waals surface area (Å²) < 4.78 is 0. The topological polar surface area (TPSA) is 62.2 Å². The van der Waals surface area contributed by atoms with Gasteiger partial charge in [-0.05, 0) is 29.8 Å². The van der Waals surface area contributed by atoms with E-state index >= 15 is 0 Å². The van der Waals surface area contributed by atoms with Crippen molar-refractivity contribution in [1.29, 1.82) is 0 Å². The number of carbonyl (C=O) groups excluding carboxylic acids is 1. The molecule has 0 saturated carbocycles. The number of rotatable bonds is 3. The van der Waals surface area contributed by atoms with Crippen molar-refractivity contribution in [2.75, 3.05) is 6.61 Å². The highest BCUT2D eigenvalue weighted by atomic mass is 16.2. The predicted octanol–water partition coefficient (Wildman–Crippen LogP) is 1.36. The Hall–Kier alpha value is -2.64. The lowest BCUT2D eigenvalue weighted by Crippen LogP contribution is -2.22. The number of pyridine rings is 1. The second-order valence-corrected chi connectivity index (χ2v) is 4.08. The molecule has 2 N–H and O–H groups in total. The van der Waals surface area contributed by atoms with Gasteiger partial charge in [0.25, 0.3) is 5.91 Å². The minimum Gasteiger partial charge on any atom is -0.384 e. The average molecular weight is 266 g/mol. The van der Waals surface area contributed by atoms with Crippen LogP contribution in [0.25, 0.3) is 0 Å². The Morgan fingerprint density at radius 1 is 1.30 bits per heavy atom. The first-order valence-corrected chi connectivity index (χ1v) is 6.16. The molecule has 2 aromatic rings. The molecule has 0 unspecified atom stereocenters. The van der Waals surface area contributed by atoms with Gasteiger partial charge < -0.3 is 10.4 Å². The zero-order valence-corrected chi connectivity index (χ0v) is 10.8. The first kappa shape index (κ1) is 13.8. The number of aromatic nitrogens is 1. The molecule has 1 heterocycles. The third-order valence-electron chi connectivity index (χ3n) is 2.61. The Kier molecular flexibility index (Phi) is 4.87. The van der Waals surface area contributed by atoms with Crippen LogP contribution in [0.15, 0.2) is 48.8 Å². The minimum atomic E-state index is -0.197. The van der Waals surface area contributed by atoms with Gasteiger partial charge in [-0.2, -0.15) is 0 Å². The maximum atomic E-state index is 12.0. The van der Waals surface area contributed by atoms with E-state index in [0.717, 1.165) is 5.56 Å². The summed E-state index contributed by atoms with van der Waals surface area (Å²) in [7, 11) is 0. The third kappa shape index (κ3) is 3.94. The van der Waals surface area contributed by atoms with Crippen molar-refractivity contribution in [3.8, 4) is 11.8 Å². The molecule has 100 valence electrons. The molecule has 1 aromatic carbocycles. The van der Waals surface area contributed by atoms with Gasteiger partial charge in [0.1, 0.15) is 6.61 Å². The maximum absolute atomic E-state index is 12.0. The summed E-state index contributed by atoms with van der Waals surface area (Å²) in [4.78, 5) is 16.0. The fourth-order valence-electron chi connectivity index (χ4n) is 1.67. The highest BCUT2D eigenvalue weighted by Gasteiger charge is 2.05. The second kappa shape index (κ2) is 7.07. The van der Waals surface area contributed by atoms with Gasteiger partial charge in [-0.25, -0.2) is 0 Å². The van der Waals surface area contributed by atoms with Crippen LogP contribution in [-0.4, -0.2) is 22.6 Å². The number of benzene rings is 1. The van der Waals surface area contributed by atoms with Crippen LogP contribution in [0.2, 0.25) is 0 Å². The first-order valence-electron chi connectivity index (χ1n) is 6.16. The number of amides is 1. The van der Waals surface area contributed by atoms with Crippen LogP contribution in [0.3, 0.4) is 0 Å². The number of carbonyl (C=O) groups is 1. The number of aliphatic hydroxyl groups is 1. The molecule has 0 saturated heterocycles. The monoisotopic (exact) mass is 266 g/mol. The van der Waals surface area contributed by atoms with Crippen molar-refractivity contribution in [1.82, 2.24) is 10.3 Å². The fraction of sp³-hybridized carbons (Fsp3) is 0.125. The predicted molar refractivity (Wildman–Crippen MR) is 75.8 cm³/mol. The Bertz CT molecular complexity index is 642. The summed E-state index contributed by atoms with van der Waals surface area (Å²) in [5.74, 6) is 5.16. The summed E-state index contributed by atoms with van der Waals surface area (Å²) >= 11 is 0. The van der Waals surface area contributed by atoms with Gasteiger partial charge >= 0.3 is 0 Å². The summed E-state index contributed by atoms with van der Waals surface area (Å²) in [5, 5.41) is 11.5. The van der Waals surface area contributed by atoms with Crippen molar-refractivity contribution in [2.45, 2.75) is 6.54 Å². The van der Waals surface area contributed by atoms with Crippen molar-refractivity contribution in [3.63, 3.8) is 0 Å². The van der Waals surface area contributed by atoms with Crippen LogP contribution in [0.1, 0.15) is 21.5 Å². The Labute approximate surface area is 117 Å². The van der Waals surface area contributed by atoms with Crippen molar-refractivity contribution in [2.24, 2.45) is 0 Å². The van der Waals surface area contributed by atoms with Gasteiger partial charge in [-0.15, -0.1) is 0 Å². The zero-order valence-electron chi connectivity index (χ0n) is 10.8. The molecule has 2 rings (SSSR count). The van der Waals surface area contributed by atoms with E-state index in [1.165, 1.54) is 0 Å². The summed E-state index contributed by atoms with van der Waals surface area (Å²) in [6, 6.07) is 10.7. The molecule has 4 heteroatoms. The van der Waals surface area contributed by atoms with Crippen LogP contribution in [-0.2, 0) is 6.54 Å². The number of nitrogens with one attached hydrogen (secondary N) is 1. The number of nitrogens with zero attached hydrogens (tertiary/aromatic N) is 1. The van der Waals surface area contributed by atoms with Gasteiger partial charge in [-0.1, -0.05) is 24.0 Å². The zero-order chi connectivity index (χ0) is 14.2. The molecule has 0 atom stereocenters. The highest BCUT2D eigenvalue weighted by molar-refractivity contribution is 5.94. The summed E-state index contributed by atoms with van der Waals surface area (Å²) in [6.45, 7) is 0.233. The molecule has 0 aliphatic carbocycles. The molecule has 0 aliphatic rings. The smallest absolute Gasteiger partial charge is 0.251 e. The SMILES string of the molecule is O=C(NCc1cccnc1)c1cccc(C#CCO)c1. The quantitative estimate of drug-likeness (QED) is 0.824. The maximum Gasteiger partial charge on any atom is 0.251 e. The van der Waals surface area contributed by atoms with Crippen LogP contribution in [0.5, 0.6) is 0 Å². The van der Waals surface area contributed by atoms with Gasteiger partial charge in [0, 0.05) is 30.1 Å². The molecule has 1 amide bonds. The van der Waals surface area contributed by atoms with Crippen LogP contribution in [0.4, 0.5) is 0 Å². The molecular weight excluding hydrogens is 252 g/mol. The minimum absolute atomic E-state index is 0.165. The number of hydrogen-bond acceptors (Lipinski definition) is 3. The van der Waals surface area contributed by atoms with Crippen LogP contribution in [0, 0.1) is 11.8 Å². The number of aliphatic hydroxyl groups excluding tert-OH is 1. The van der Waals surface area contributed by atoms with E-state index in [0.29, 0.717) is 17.7 Å². The Morgan fingerprint density at radius 2 is 2.20 bits per heavy atom. The lowest BCUT2D eigenvalue weighted by atomic mass is 10.1. The largest absolute Gasteiger partial charge is 0.384 e. The Morgan fingerprint density at radius 3 is 2.95 bits per heavy atom. The second-order valence-electron chi connectivity index (χ2n) is 4.08. The van der Waals surface area contributed by atoms with E-state index in [2.05, 4.69) is 22.1 Å². The third-order valence-corrected chi connectivity index (χ3v) is 2.61. The van der Waals surface area contributed by atoms with Gasteiger partial charge in [0.05, 0.1) is 0 Å². The van der Waals surface area contributed by atoms with E-state index in [1.54, 1.807) is 36.7 Å². The molecule has 0 aliphatic heterocycles. The van der Waals surface area contributed by atoms with E-state index in [1.807, 2.05) is 12.1 Å². The molecule has 0 fully saturated rings. The standard InChI is InChI=1S/C16H14N2O2/c19-9-3-6-13-4-1-7-15(10-13)16(20)18-12-14-5-2-8-17-11-14/h1-2,4-5,7-8,10-11,19H,9,12H2,(H,18,20). The summed E-state index contributed by atoms with van der Waals surface area (Å²) in [5.41, 5.74) is 2.18. The van der Waals surface area contributed by atoms with Gasteiger partial charge in [-0.3, -0.25) is 9.78 Å². The van der Waals surface area contributed by atoms with E-state index < -0.39 is 0 Å². The highest BCUT2D eigenvalue weighted by Crippen LogP contribution is 2.05. The Balaban J connectivity index is 2.02. The molecule has 20 heavy (non-hydrogen) atoms. The molecule has 4 nitrogen and oxygen atoms in total. The molecule has 0 spiro atoms. The fourth-order valence-corrected chi connectivity index (χ4v) is 1.67. The lowest BCUT2D eigenvalue weighted by molar-refractivity contribution is 0.0951. The van der Waals surface area contributed by atoms with Crippen molar-refractivity contribution < 1.29 is 9.90 Å². The first-order chi connectivity index (χ1) is 9.79. The molecule has 0 radical (unpaired) electrons. The lowest BCUT2D eigenvalue weighted by Gasteiger charge is -2.05. The van der Waals surface area contributed by atoms with Gasteiger partial charge in [0.2, 0.25) is 0 Å². The van der Waals surface area contributed by atoms with Crippen molar-refractivity contribution >= 4 is 5.91 Å². The normalized spacial score (nSPS) is 9.45. The van der Waals surface area contributed by atoms with E-state index in [-0.39, 0.29) is 12.5 Å².